The van der Waals surface area contributed by atoms with Crippen LogP contribution in [0.2, 0.25) is 0 Å². The lowest BCUT2D eigenvalue weighted by atomic mass is 9.66. The van der Waals surface area contributed by atoms with E-state index in [0.717, 1.165) is 36.2 Å². The van der Waals surface area contributed by atoms with Crippen LogP contribution in [0.4, 0.5) is 0 Å². The van der Waals surface area contributed by atoms with E-state index in [2.05, 4.69) is 22.5 Å². The number of para-hydroxylation sites is 2. The van der Waals surface area contributed by atoms with Gasteiger partial charge in [-0.05, 0) is 43.9 Å². The lowest BCUT2D eigenvalue weighted by Crippen LogP contribution is -2.39. The Kier molecular flexibility index (Phi) is 3.81. The molecule has 4 nitrogen and oxygen atoms in total. The molecule has 0 unspecified atom stereocenters. The van der Waals surface area contributed by atoms with Gasteiger partial charge >= 0.3 is 0 Å². The molecule has 1 aromatic carbocycles. The Labute approximate surface area is 125 Å². The van der Waals surface area contributed by atoms with E-state index in [4.69, 9.17) is 5.73 Å². The summed E-state index contributed by atoms with van der Waals surface area (Å²) in [4.78, 5) is 17.0. The molecule has 0 amide bonds. The topological polar surface area (TPSA) is 60.9 Å². The van der Waals surface area contributed by atoms with Gasteiger partial charge < -0.3 is 10.3 Å². The molecule has 2 N–H and O–H groups in total. The average Bonchev–Trinajstić information content (AvgIpc) is 2.79. The molecule has 112 valence electrons. The number of ketones is 1. The van der Waals surface area contributed by atoms with Gasteiger partial charge in [0, 0.05) is 13.0 Å². The van der Waals surface area contributed by atoms with Gasteiger partial charge in [0.15, 0.2) is 0 Å². The van der Waals surface area contributed by atoms with Crippen LogP contribution in [0, 0.1) is 5.41 Å². The molecule has 0 spiro atoms. The quantitative estimate of drug-likeness (QED) is 0.887. The minimum absolute atomic E-state index is 0.0835. The Bertz CT molecular complexity index is 650. The number of carbonyl (C=O) groups excluding carboxylic acids is 1. The van der Waals surface area contributed by atoms with Crippen LogP contribution in [0.3, 0.4) is 0 Å². The van der Waals surface area contributed by atoms with Crippen molar-refractivity contribution in [2.45, 2.75) is 45.6 Å². The summed E-state index contributed by atoms with van der Waals surface area (Å²) in [6, 6.07) is 8.06. The zero-order chi connectivity index (χ0) is 14.9. The Morgan fingerprint density at radius 2 is 2.14 bits per heavy atom. The molecule has 1 aromatic heterocycles. The van der Waals surface area contributed by atoms with Crippen molar-refractivity contribution in [3.63, 3.8) is 0 Å². The summed E-state index contributed by atoms with van der Waals surface area (Å²) < 4.78 is 2.14. The van der Waals surface area contributed by atoms with Gasteiger partial charge in [-0.25, -0.2) is 4.98 Å². The first kappa shape index (κ1) is 14.3. The molecule has 1 aliphatic rings. The van der Waals surface area contributed by atoms with E-state index in [-0.39, 0.29) is 11.2 Å². The summed E-state index contributed by atoms with van der Waals surface area (Å²) in [5.41, 5.74) is 8.02. The molecule has 4 heteroatoms. The molecule has 0 atom stereocenters. The first-order valence-corrected chi connectivity index (χ1v) is 7.83. The van der Waals surface area contributed by atoms with Crippen LogP contribution in [0.15, 0.2) is 24.3 Å². The van der Waals surface area contributed by atoms with Crippen molar-refractivity contribution in [2.75, 3.05) is 6.54 Å². The first-order chi connectivity index (χ1) is 10.2. The van der Waals surface area contributed by atoms with Crippen molar-refractivity contribution < 1.29 is 4.79 Å². The molecule has 0 aliphatic heterocycles. The Hall–Kier alpha value is -1.68. The number of aryl methyl sites for hydroxylation is 1. The highest BCUT2D eigenvalue weighted by molar-refractivity contribution is 5.83. The largest absolute Gasteiger partial charge is 0.330 e. The number of aromatic nitrogens is 2. The second kappa shape index (κ2) is 5.60. The smallest absolute Gasteiger partial charge is 0.141 e. The SMILES string of the molecule is CCn1c(CC(=O)CC2(CN)CCC2)nc2ccccc21. The minimum Gasteiger partial charge on any atom is -0.330 e. The highest BCUT2D eigenvalue weighted by Crippen LogP contribution is 2.43. The van der Waals surface area contributed by atoms with Crippen molar-refractivity contribution >= 4 is 16.8 Å². The van der Waals surface area contributed by atoms with Gasteiger partial charge in [-0.15, -0.1) is 0 Å². The zero-order valence-corrected chi connectivity index (χ0v) is 12.6. The average molecular weight is 285 g/mol. The van der Waals surface area contributed by atoms with E-state index in [9.17, 15) is 4.79 Å². The molecular weight excluding hydrogens is 262 g/mol. The van der Waals surface area contributed by atoms with Crippen molar-refractivity contribution in [1.29, 1.82) is 0 Å². The van der Waals surface area contributed by atoms with Crippen LogP contribution in [0.5, 0.6) is 0 Å². The molecule has 1 aliphatic carbocycles. The summed E-state index contributed by atoms with van der Waals surface area (Å²) in [5.74, 6) is 1.15. The molecule has 2 aromatic rings. The number of rotatable bonds is 6. The molecule has 1 saturated carbocycles. The summed E-state index contributed by atoms with van der Waals surface area (Å²) in [5, 5.41) is 0. The third-order valence-electron chi connectivity index (χ3n) is 4.82. The maximum atomic E-state index is 12.4. The highest BCUT2D eigenvalue weighted by Gasteiger charge is 2.37. The zero-order valence-electron chi connectivity index (χ0n) is 12.6. The number of hydrogen-bond acceptors (Lipinski definition) is 3. The molecule has 0 saturated heterocycles. The normalized spacial score (nSPS) is 16.9. The van der Waals surface area contributed by atoms with Gasteiger partial charge in [-0.1, -0.05) is 18.6 Å². The van der Waals surface area contributed by atoms with E-state index >= 15 is 0 Å². The molecule has 1 fully saturated rings. The number of imidazole rings is 1. The maximum absolute atomic E-state index is 12.4. The van der Waals surface area contributed by atoms with Crippen LogP contribution in [-0.2, 0) is 17.8 Å². The van der Waals surface area contributed by atoms with Crippen molar-refractivity contribution in [3.05, 3.63) is 30.1 Å². The fourth-order valence-electron chi connectivity index (χ4n) is 3.40. The number of nitrogens with two attached hydrogens (primary N) is 1. The summed E-state index contributed by atoms with van der Waals surface area (Å²) in [6.45, 7) is 3.56. The van der Waals surface area contributed by atoms with Crippen LogP contribution in [0.1, 0.15) is 38.4 Å². The fourth-order valence-corrected chi connectivity index (χ4v) is 3.40. The Balaban J connectivity index is 1.79. The van der Waals surface area contributed by atoms with Gasteiger partial charge in [0.2, 0.25) is 0 Å². The first-order valence-electron chi connectivity index (χ1n) is 7.83. The number of Topliss-reactive ketones (excluding diaryl/α,β-unsaturated/α-hetero) is 1. The monoisotopic (exact) mass is 285 g/mol. The highest BCUT2D eigenvalue weighted by atomic mass is 16.1. The predicted octanol–water partition coefficient (Wildman–Crippen LogP) is 2.69. The fraction of sp³-hybridized carbons (Fsp3) is 0.529. The summed E-state index contributed by atoms with van der Waals surface area (Å²) in [6.07, 6.45) is 4.43. The van der Waals surface area contributed by atoms with Crippen molar-refractivity contribution in [1.82, 2.24) is 9.55 Å². The van der Waals surface area contributed by atoms with Gasteiger partial charge in [0.05, 0.1) is 17.5 Å². The van der Waals surface area contributed by atoms with Gasteiger partial charge in [0.25, 0.3) is 0 Å². The third kappa shape index (κ3) is 2.60. The van der Waals surface area contributed by atoms with E-state index < -0.39 is 0 Å². The van der Waals surface area contributed by atoms with Crippen LogP contribution in [-0.4, -0.2) is 21.9 Å². The van der Waals surface area contributed by atoms with Gasteiger partial charge in [-0.2, -0.15) is 0 Å². The lowest BCUT2D eigenvalue weighted by molar-refractivity contribution is -0.122. The molecule has 1 heterocycles. The van der Waals surface area contributed by atoms with E-state index in [1.54, 1.807) is 0 Å². The van der Waals surface area contributed by atoms with Gasteiger partial charge in [-0.3, -0.25) is 4.79 Å². The molecule has 0 radical (unpaired) electrons. The standard InChI is InChI=1S/C17H23N3O/c1-2-20-15-7-4-3-6-14(15)19-16(20)10-13(21)11-17(12-18)8-5-9-17/h3-4,6-7H,2,5,8-12,18H2,1H3. The van der Waals surface area contributed by atoms with Gasteiger partial charge in [0.1, 0.15) is 11.6 Å². The third-order valence-corrected chi connectivity index (χ3v) is 4.82. The summed E-state index contributed by atoms with van der Waals surface area (Å²) in [7, 11) is 0. The number of benzene rings is 1. The maximum Gasteiger partial charge on any atom is 0.141 e. The van der Waals surface area contributed by atoms with Crippen LogP contribution in [0.25, 0.3) is 11.0 Å². The molecule has 0 bridgehead atoms. The minimum atomic E-state index is 0.0835. The van der Waals surface area contributed by atoms with Crippen LogP contribution >= 0.6 is 0 Å². The van der Waals surface area contributed by atoms with E-state index in [1.807, 2.05) is 18.2 Å². The van der Waals surface area contributed by atoms with E-state index in [0.29, 0.717) is 19.4 Å². The predicted molar refractivity (Wildman–Crippen MR) is 84.1 cm³/mol. The van der Waals surface area contributed by atoms with E-state index in [1.165, 1.54) is 6.42 Å². The second-order valence-corrected chi connectivity index (χ2v) is 6.21. The number of fused-ring (bicyclic) bond motifs is 1. The van der Waals surface area contributed by atoms with Crippen molar-refractivity contribution in [3.8, 4) is 0 Å². The number of hydrogen-bond donors (Lipinski definition) is 1. The second-order valence-electron chi connectivity index (χ2n) is 6.21. The molecule has 21 heavy (non-hydrogen) atoms. The Morgan fingerprint density at radius 3 is 2.76 bits per heavy atom. The number of carbonyl (C=O) groups is 1. The van der Waals surface area contributed by atoms with Crippen molar-refractivity contribution in [2.24, 2.45) is 11.1 Å². The molecule has 3 rings (SSSR count). The van der Waals surface area contributed by atoms with Crippen LogP contribution < -0.4 is 5.73 Å². The molecular formula is C17H23N3O. The lowest BCUT2D eigenvalue weighted by Gasteiger charge is -2.40. The summed E-state index contributed by atoms with van der Waals surface area (Å²) >= 11 is 0. The Morgan fingerprint density at radius 1 is 1.38 bits per heavy atom. The number of nitrogens with zero attached hydrogens (tertiary/aromatic N) is 2.